The maximum atomic E-state index is 10.8. The SMILES string of the molecule is CCOCCCc1cc(CSCCOCCOCCOCC(C)=O)cc(CSCCOCCOCCOCC(C)=O)c1. The van der Waals surface area contributed by atoms with Crippen LogP contribution in [0.5, 0.6) is 0 Å². The molecule has 1 aromatic rings. The van der Waals surface area contributed by atoms with Crippen LogP contribution in [0, 0.1) is 0 Å². The highest BCUT2D eigenvalue weighted by Gasteiger charge is 2.04. The molecule has 0 heterocycles. The van der Waals surface area contributed by atoms with Crippen molar-refractivity contribution in [2.45, 2.75) is 45.1 Å². The van der Waals surface area contributed by atoms with Gasteiger partial charge in [-0.05, 0) is 50.3 Å². The Kier molecular flexibility index (Phi) is 26.7. The molecule has 0 amide bonds. The summed E-state index contributed by atoms with van der Waals surface area (Å²) in [5.41, 5.74) is 4.06. The van der Waals surface area contributed by atoms with Gasteiger partial charge in [-0.2, -0.15) is 23.5 Å². The third-order valence-electron chi connectivity index (χ3n) is 5.45. The van der Waals surface area contributed by atoms with E-state index in [2.05, 4.69) is 18.2 Å². The van der Waals surface area contributed by atoms with Crippen LogP contribution in [0.25, 0.3) is 0 Å². The Morgan fingerprint density at radius 3 is 1.38 bits per heavy atom. The lowest BCUT2D eigenvalue weighted by molar-refractivity contribution is -0.122. The molecule has 0 bridgehead atoms. The van der Waals surface area contributed by atoms with Crippen molar-refractivity contribution in [3.63, 3.8) is 0 Å². The zero-order valence-corrected chi connectivity index (χ0v) is 27.5. The van der Waals surface area contributed by atoms with Crippen molar-refractivity contribution in [3.05, 3.63) is 34.9 Å². The van der Waals surface area contributed by atoms with E-state index < -0.39 is 0 Å². The van der Waals surface area contributed by atoms with Gasteiger partial charge in [0, 0.05) is 36.2 Å². The van der Waals surface area contributed by atoms with Crippen LogP contribution in [0.2, 0.25) is 0 Å². The maximum absolute atomic E-state index is 10.8. The molecular weight excluding hydrogens is 580 g/mol. The Morgan fingerprint density at radius 2 is 0.952 bits per heavy atom. The number of ether oxygens (including phenoxy) is 7. The van der Waals surface area contributed by atoms with Gasteiger partial charge in [-0.15, -0.1) is 0 Å². The summed E-state index contributed by atoms with van der Waals surface area (Å²) >= 11 is 3.75. The van der Waals surface area contributed by atoms with E-state index >= 15 is 0 Å². The largest absolute Gasteiger partial charge is 0.382 e. The molecule has 242 valence electrons. The third kappa shape index (κ3) is 25.5. The minimum absolute atomic E-state index is 0.0191. The molecule has 0 saturated heterocycles. The predicted octanol–water partition coefficient (Wildman–Crippen LogP) is 4.40. The number of benzene rings is 1. The molecule has 1 rings (SSSR count). The van der Waals surface area contributed by atoms with Gasteiger partial charge in [0.2, 0.25) is 0 Å². The van der Waals surface area contributed by atoms with Gasteiger partial charge in [-0.25, -0.2) is 0 Å². The Hall–Kier alpha value is -1.02. The van der Waals surface area contributed by atoms with E-state index in [1.54, 1.807) is 0 Å². The molecule has 9 nitrogen and oxygen atoms in total. The van der Waals surface area contributed by atoms with Gasteiger partial charge in [0.05, 0.1) is 66.1 Å². The molecule has 1 aromatic carbocycles. The fourth-order valence-electron chi connectivity index (χ4n) is 3.60. The van der Waals surface area contributed by atoms with Crippen LogP contribution in [0.1, 0.15) is 43.9 Å². The van der Waals surface area contributed by atoms with Crippen molar-refractivity contribution in [2.75, 3.05) is 104 Å². The number of ketones is 2. The van der Waals surface area contributed by atoms with E-state index in [0.29, 0.717) is 66.1 Å². The number of hydrogen-bond donors (Lipinski definition) is 0. The summed E-state index contributed by atoms with van der Waals surface area (Å²) in [6.45, 7) is 12.2. The van der Waals surface area contributed by atoms with Crippen molar-refractivity contribution in [1.29, 1.82) is 0 Å². The summed E-state index contributed by atoms with van der Waals surface area (Å²) in [7, 11) is 0. The van der Waals surface area contributed by atoms with Crippen LogP contribution in [-0.2, 0) is 60.7 Å². The topological polar surface area (TPSA) is 98.8 Å². The zero-order valence-electron chi connectivity index (χ0n) is 25.9. The van der Waals surface area contributed by atoms with E-state index in [-0.39, 0.29) is 24.8 Å². The standard InChI is InChI=1S/C31H52O9S2/c1-4-34-7-5-6-29-20-30(25-41-18-16-37-10-8-35-12-14-39-23-27(2)32)22-31(21-29)26-42-19-17-38-11-9-36-13-15-40-24-28(3)33/h20-22H,4-19,23-26H2,1-3H3. The number of hydrogen-bond acceptors (Lipinski definition) is 11. The Labute approximate surface area is 261 Å². The first-order valence-electron chi connectivity index (χ1n) is 14.8. The minimum atomic E-state index is 0.0191. The van der Waals surface area contributed by atoms with E-state index in [1.807, 2.05) is 30.4 Å². The van der Waals surface area contributed by atoms with Gasteiger partial charge in [-0.3, -0.25) is 9.59 Å². The average Bonchev–Trinajstić information content (AvgIpc) is 2.96. The maximum Gasteiger partial charge on any atom is 0.155 e. The van der Waals surface area contributed by atoms with Gasteiger partial charge in [0.25, 0.3) is 0 Å². The highest BCUT2D eigenvalue weighted by Crippen LogP contribution is 2.21. The minimum Gasteiger partial charge on any atom is -0.382 e. The van der Waals surface area contributed by atoms with Gasteiger partial charge in [0.1, 0.15) is 13.2 Å². The predicted molar refractivity (Wildman–Crippen MR) is 170 cm³/mol. The van der Waals surface area contributed by atoms with E-state index in [1.165, 1.54) is 30.5 Å². The van der Waals surface area contributed by atoms with Crippen LogP contribution in [0.3, 0.4) is 0 Å². The molecule has 0 atom stereocenters. The van der Waals surface area contributed by atoms with Crippen molar-refractivity contribution < 1.29 is 42.7 Å². The number of thioether (sulfide) groups is 2. The molecular formula is C31H52O9S2. The van der Waals surface area contributed by atoms with Crippen LogP contribution in [0.4, 0.5) is 0 Å². The highest BCUT2D eigenvalue weighted by atomic mass is 32.2. The fraction of sp³-hybridized carbons (Fsp3) is 0.742. The molecule has 0 aliphatic rings. The van der Waals surface area contributed by atoms with Gasteiger partial charge < -0.3 is 33.2 Å². The first-order chi connectivity index (χ1) is 20.5. The first-order valence-corrected chi connectivity index (χ1v) is 17.1. The summed E-state index contributed by atoms with van der Waals surface area (Å²) in [5.74, 6) is 3.79. The second-order valence-corrected chi connectivity index (χ2v) is 11.7. The van der Waals surface area contributed by atoms with E-state index in [0.717, 1.165) is 49.1 Å². The number of aryl methyl sites for hydroxylation is 1. The summed E-state index contributed by atoms with van der Waals surface area (Å²) < 4.78 is 38.1. The Bertz CT molecular complexity index is 754. The molecule has 0 fully saturated rings. The van der Waals surface area contributed by atoms with Crippen molar-refractivity contribution in [1.82, 2.24) is 0 Å². The Morgan fingerprint density at radius 1 is 0.548 bits per heavy atom. The van der Waals surface area contributed by atoms with Gasteiger partial charge in [-0.1, -0.05) is 18.2 Å². The van der Waals surface area contributed by atoms with Crippen molar-refractivity contribution >= 4 is 35.1 Å². The van der Waals surface area contributed by atoms with Crippen LogP contribution >= 0.6 is 23.5 Å². The smallest absolute Gasteiger partial charge is 0.155 e. The lowest BCUT2D eigenvalue weighted by Crippen LogP contribution is -2.12. The van der Waals surface area contributed by atoms with Gasteiger partial charge >= 0.3 is 0 Å². The zero-order chi connectivity index (χ0) is 30.5. The normalized spacial score (nSPS) is 11.3. The average molecular weight is 633 g/mol. The number of carbonyl (C=O) groups is 2. The monoisotopic (exact) mass is 632 g/mol. The second-order valence-electron chi connectivity index (χ2n) is 9.52. The van der Waals surface area contributed by atoms with Crippen LogP contribution in [0.15, 0.2) is 18.2 Å². The van der Waals surface area contributed by atoms with E-state index in [4.69, 9.17) is 33.2 Å². The summed E-state index contributed by atoms with van der Waals surface area (Å²) in [6, 6.07) is 6.96. The lowest BCUT2D eigenvalue weighted by Gasteiger charge is -2.11. The van der Waals surface area contributed by atoms with Crippen molar-refractivity contribution in [3.8, 4) is 0 Å². The Balaban J connectivity index is 2.24. The molecule has 11 heteroatoms. The fourth-order valence-corrected chi connectivity index (χ4v) is 5.17. The first kappa shape index (κ1) is 39.0. The molecule has 0 saturated carbocycles. The molecule has 0 unspecified atom stereocenters. The van der Waals surface area contributed by atoms with Gasteiger partial charge in [0.15, 0.2) is 11.6 Å². The molecule has 0 aliphatic heterocycles. The summed E-state index contributed by atoms with van der Waals surface area (Å²) in [6.07, 6.45) is 2.04. The number of rotatable bonds is 31. The molecule has 0 spiro atoms. The molecule has 0 N–H and O–H groups in total. The molecule has 42 heavy (non-hydrogen) atoms. The van der Waals surface area contributed by atoms with E-state index in [9.17, 15) is 9.59 Å². The lowest BCUT2D eigenvalue weighted by atomic mass is 10.0. The molecule has 0 radical (unpaired) electrons. The molecule has 0 aromatic heterocycles. The summed E-state index contributed by atoms with van der Waals surface area (Å²) in [5, 5.41) is 0. The highest BCUT2D eigenvalue weighted by molar-refractivity contribution is 7.98. The number of carbonyl (C=O) groups excluding carboxylic acids is 2. The third-order valence-corrected chi connectivity index (χ3v) is 7.44. The quantitative estimate of drug-likeness (QED) is 0.109. The van der Waals surface area contributed by atoms with Crippen molar-refractivity contribution in [2.24, 2.45) is 0 Å². The summed E-state index contributed by atoms with van der Waals surface area (Å²) in [4.78, 5) is 21.6. The van der Waals surface area contributed by atoms with Crippen LogP contribution in [-0.4, -0.2) is 116 Å². The second kappa shape index (κ2) is 28.7. The number of Topliss-reactive ketones (excluding diaryl/α,β-unsaturated/α-hetero) is 2. The van der Waals surface area contributed by atoms with Crippen LogP contribution < -0.4 is 0 Å². The molecule has 0 aliphatic carbocycles.